The molecule has 5 rings (SSSR count). The minimum atomic E-state index is -0.300. The maximum atomic E-state index is 13.3. The first-order chi connectivity index (χ1) is 17.1. The van der Waals surface area contributed by atoms with Crippen LogP contribution in [0.25, 0.3) is 16.9 Å². The number of carbonyl (C=O) groups excluding carboxylic acids is 1. The van der Waals surface area contributed by atoms with Crippen molar-refractivity contribution in [3.63, 3.8) is 0 Å². The van der Waals surface area contributed by atoms with Crippen LogP contribution in [0.2, 0.25) is 0 Å². The van der Waals surface area contributed by atoms with Crippen molar-refractivity contribution in [3.8, 4) is 22.7 Å². The molecule has 0 unspecified atom stereocenters. The van der Waals surface area contributed by atoms with E-state index in [1.54, 1.807) is 19.5 Å². The highest BCUT2D eigenvalue weighted by Crippen LogP contribution is 2.23. The lowest BCUT2D eigenvalue weighted by Crippen LogP contribution is -2.25. The molecule has 0 aliphatic carbocycles. The first kappa shape index (κ1) is 22.2. The van der Waals surface area contributed by atoms with E-state index in [0.717, 1.165) is 16.9 Å². The van der Waals surface area contributed by atoms with Gasteiger partial charge in [-0.15, -0.1) is 0 Å². The molecule has 1 N–H and O–H groups in total. The van der Waals surface area contributed by atoms with Crippen LogP contribution in [0.4, 0.5) is 0 Å². The van der Waals surface area contributed by atoms with Crippen molar-refractivity contribution in [3.05, 3.63) is 124 Å². The number of hydrogen-bond acceptors (Lipinski definition) is 4. The molecular formula is C28H24N4O3. The summed E-state index contributed by atoms with van der Waals surface area (Å²) < 4.78 is 8.40. The van der Waals surface area contributed by atoms with Crippen LogP contribution >= 0.6 is 0 Å². The molecule has 0 saturated carbocycles. The highest BCUT2D eigenvalue weighted by molar-refractivity contribution is 5.99. The molecule has 174 valence electrons. The average Bonchev–Trinajstić information content (AvgIpc) is 3.24. The zero-order valence-electron chi connectivity index (χ0n) is 19.2. The number of nitrogens with one attached hydrogen (secondary N) is 1. The molecule has 2 aliphatic rings. The van der Waals surface area contributed by atoms with Gasteiger partial charge in [-0.25, -0.2) is 0 Å². The van der Waals surface area contributed by atoms with Gasteiger partial charge >= 0.3 is 0 Å². The van der Waals surface area contributed by atoms with Crippen LogP contribution in [0.15, 0.2) is 102 Å². The molecule has 7 heteroatoms. The molecule has 0 fully saturated rings. The summed E-state index contributed by atoms with van der Waals surface area (Å²) in [5.41, 5.74) is 3.48. The number of carbonyl (C=O) groups is 1. The quantitative estimate of drug-likeness (QED) is 0.393. The number of nitrogens with zero attached hydrogens (tertiary/aromatic N) is 3. The predicted molar refractivity (Wildman–Crippen MR) is 134 cm³/mol. The van der Waals surface area contributed by atoms with Gasteiger partial charge in [0.2, 0.25) is 0 Å². The lowest BCUT2D eigenvalue weighted by atomic mass is 10.1. The van der Waals surface area contributed by atoms with Gasteiger partial charge in [-0.3, -0.25) is 9.59 Å². The largest absolute Gasteiger partial charge is 0.497 e. The molecule has 0 spiro atoms. The van der Waals surface area contributed by atoms with Gasteiger partial charge in [0, 0.05) is 25.5 Å². The Balaban J connectivity index is 1.53. The standard InChI is InChI=1S/C28H24N4O3/c1-35-23-14-12-20(13-15-23)16-29-27(33)24-18-31(17-21-8-4-2-5-9-21)19-25-26(24)30-32(28(25)34)22-10-6-3-7-11-22/h2-15,18-19H,16-17H2,1H3,(H,29,33). The number of benzene rings is 3. The summed E-state index contributed by atoms with van der Waals surface area (Å²) in [5.74, 6) is 0.451. The third-order valence-corrected chi connectivity index (χ3v) is 5.79. The zero-order valence-corrected chi connectivity index (χ0v) is 19.2. The number of amides is 1. The Labute approximate surface area is 202 Å². The number of fused-ring (bicyclic) bond motifs is 1. The van der Waals surface area contributed by atoms with Crippen LogP contribution in [0.3, 0.4) is 0 Å². The number of ether oxygens (including phenoxy) is 1. The highest BCUT2D eigenvalue weighted by atomic mass is 16.5. The topological polar surface area (TPSA) is 78.1 Å². The Bertz CT molecular complexity index is 1470. The highest BCUT2D eigenvalue weighted by Gasteiger charge is 2.24. The van der Waals surface area contributed by atoms with E-state index in [2.05, 4.69) is 10.4 Å². The molecule has 3 aromatic rings. The van der Waals surface area contributed by atoms with E-state index < -0.39 is 0 Å². The van der Waals surface area contributed by atoms with Crippen molar-refractivity contribution in [2.45, 2.75) is 13.1 Å². The Morgan fingerprint density at radius 1 is 0.886 bits per heavy atom. The first-order valence-electron chi connectivity index (χ1n) is 11.3. The number of para-hydroxylation sites is 1. The maximum absolute atomic E-state index is 13.3. The van der Waals surface area contributed by atoms with E-state index in [-0.39, 0.29) is 11.5 Å². The Kier molecular flexibility index (Phi) is 6.13. The van der Waals surface area contributed by atoms with Gasteiger partial charge in [0.25, 0.3) is 11.5 Å². The summed E-state index contributed by atoms with van der Waals surface area (Å²) in [4.78, 5) is 26.6. The molecule has 0 bridgehead atoms. The van der Waals surface area contributed by atoms with Gasteiger partial charge in [0.15, 0.2) is 0 Å². The number of aromatic nitrogens is 3. The number of methoxy groups -OCH3 is 1. The average molecular weight is 465 g/mol. The second-order valence-corrected chi connectivity index (χ2v) is 8.18. The third-order valence-electron chi connectivity index (χ3n) is 5.79. The van der Waals surface area contributed by atoms with Gasteiger partial charge in [-0.1, -0.05) is 60.7 Å². The molecule has 2 aliphatic heterocycles. The van der Waals surface area contributed by atoms with Gasteiger partial charge in [0.1, 0.15) is 11.4 Å². The van der Waals surface area contributed by atoms with E-state index in [1.807, 2.05) is 89.5 Å². The fourth-order valence-corrected chi connectivity index (χ4v) is 3.98. The molecule has 0 radical (unpaired) electrons. The molecule has 0 aromatic heterocycles. The van der Waals surface area contributed by atoms with E-state index >= 15 is 0 Å². The molecule has 0 saturated heterocycles. The summed E-state index contributed by atoms with van der Waals surface area (Å²) in [7, 11) is 1.61. The Morgan fingerprint density at radius 3 is 2.26 bits per heavy atom. The minimum absolute atomic E-state index is 0.266. The number of pyridine rings is 1. The second kappa shape index (κ2) is 9.69. The molecule has 1 amide bonds. The normalized spacial score (nSPS) is 10.9. The lowest BCUT2D eigenvalue weighted by molar-refractivity contribution is 0.0950. The van der Waals surface area contributed by atoms with E-state index in [1.165, 1.54) is 4.68 Å². The SMILES string of the molecule is COc1ccc(CNC(=O)c2cn(Cc3ccccc3)cc3c(=O)n(-c4ccccc4)nc2-3)cc1. The zero-order chi connectivity index (χ0) is 24.2. The summed E-state index contributed by atoms with van der Waals surface area (Å²) in [5, 5.41) is 7.50. The van der Waals surface area contributed by atoms with Crippen molar-refractivity contribution < 1.29 is 9.53 Å². The second-order valence-electron chi connectivity index (χ2n) is 8.18. The van der Waals surface area contributed by atoms with Crippen molar-refractivity contribution in [2.24, 2.45) is 0 Å². The van der Waals surface area contributed by atoms with Gasteiger partial charge in [-0.05, 0) is 35.4 Å². The third kappa shape index (κ3) is 4.70. The molecule has 35 heavy (non-hydrogen) atoms. The summed E-state index contributed by atoms with van der Waals surface area (Å²) in [6.07, 6.45) is 3.51. The number of hydrogen-bond donors (Lipinski definition) is 1. The van der Waals surface area contributed by atoms with Crippen molar-refractivity contribution in [2.75, 3.05) is 7.11 Å². The molecule has 2 heterocycles. The molecule has 7 nitrogen and oxygen atoms in total. The van der Waals surface area contributed by atoms with Gasteiger partial charge in [0.05, 0.1) is 23.9 Å². The van der Waals surface area contributed by atoms with Crippen LogP contribution in [0, 0.1) is 0 Å². The van der Waals surface area contributed by atoms with Crippen molar-refractivity contribution in [1.82, 2.24) is 19.7 Å². The molecular weight excluding hydrogens is 440 g/mol. The summed E-state index contributed by atoms with van der Waals surface area (Å²) in [6, 6.07) is 26.6. The Hall–Kier alpha value is -4.65. The summed E-state index contributed by atoms with van der Waals surface area (Å²) >= 11 is 0. The van der Waals surface area contributed by atoms with Crippen molar-refractivity contribution >= 4 is 5.91 Å². The fourth-order valence-electron chi connectivity index (χ4n) is 3.98. The number of rotatable bonds is 7. The van der Waals surface area contributed by atoms with Crippen LogP contribution in [-0.4, -0.2) is 27.4 Å². The minimum Gasteiger partial charge on any atom is -0.497 e. The lowest BCUT2D eigenvalue weighted by Gasteiger charge is -2.13. The molecule has 3 aromatic carbocycles. The van der Waals surface area contributed by atoms with E-state index in [9.17, 15) is 9.59 Å². The van der Waals surface area contributed by atoms with Crippen LogP contribution < -0.4 is 15.6 Å². The maximum Gasteiger partial charge on any atom is 0.282 e. The van der Waals surface area contributed by atoms with Crippen molar-refractivity contribution in [1.29, 1.82) is 0 Å². The smallest absolute Gasteiger partial charge is 0.282 e. The van der Waals surface area contributed by atoms with E-state index in [4.69, 9.17) is 4.74 Å². The van der Waals surface area contributed by atoms with Crippen LogP contribution in [0.5, 0.6) is 5.75 Å². The molecule has 0 atom stereocenters. The van der Waals surface area contributed by atoms with Crippen LogP contribution in [0.1, 0.15) is 21.5 Å². The summed E-state index contributed by atoms with van der Waals surface area (Å²) in [6.45, 7) is 0.854. The fraction of sp³-hybridized carbons (Fsp3) is 0.107. The van der Waals surface area contributed by atoms with Gasteiger partial charge < -0.3 is 14.6 Å². The van der Waals surface area contributed by atoms with Gasteiger partial charge in [-0.2, -0.15) is 9.78 Å². The van der Waals surface area contributed by atoms with E-state index in [0.29, 0.717) is 35.6 Å². The first-order valence-corrected chi connectivity index (χ1v) is 11.3. The van der Waals surface area contributed by atoms with Crippen LogP contribution in [-0.2, 0) is 13.1 Å². The Morgan fingerprint density at radius 2 is 1.57 bits per heavy atom. The predicted octanol–water partition coefficient (Wildman–Crippen LogP) is 4.13. The monoisotopic (exact) mass is 464 g/mol.